The number of halogens is 1. The highest BCUT2D eigenvalue weighted by atomic mass is 35.5. The SMILES string of the molecule is Cc1cc(C)c(Nc2ccc(C(=O)NCC(C)C)nn2)c(Cl)c1. The molecule has 122 valence electrons. The molecule has 0 saturated heterocycles. The Morgan fingerprint density at radius 3 is 2.52 bits per heavy atom. The molecule has 1 aromatic heterocycles. The Labute approximate surface area is 141 Å². The fraction of sp³-hybridized carbons (Fsp3) is 0.353. The van der Waals surface area contributed by atoms with E-state index in [0.29, 0.717) is 29.0 Å². The van der Waals surface area contributed by atoms with Gasteiger partial charge in [0.05, 0.1) is 10.7 Å². The summed E-state index contributed by atoms with van der Waals surface area (Å²) >= 11 is 6.26. The van der Waals surface area contributed by atoms with Gasteiger partial charge in [0.1, 0.15) is 0 Å². The summed E-state index contributed by atoms with van der Waals surface area (Å²) in [5.74, 6) is 0.709. The maximum Gasteiger partial charge on any atom is 0.271 e. The van der Waals surface area contributed by atoms with Crippen LogP contribution >= 0.6 is 11.6 Å². The molecule has 1 heterocycles. The molecule has 2 aromatic rings. The summed E-state index contributed by atoms with van der Waals surface area (Å²) < 4.78 is 0. The molecule has 0 radical (unpaired) electrons. The van der Waals surface area contributed by atoms with Gasteiger partial charge in [0.2, 0.25) is 0 Å². The third-order valence-corrected chi connectivity index (χ3v) is 3.55. The lowest BCUT2D eigenvalue weighted by atomic mass is 10.1. The van der Waals surface area contributed by atoms with Crippen LogP contribution in [0.5, 0.6) is 0 Å². The number of nitrogens with one attached hydrogen (secondary N) is 2. The third kappa shape index (κ3) is 4.66. The van der Waals surface area contributed by atoms with Crippen LogP contribution in [0.2, 0.25) is 5.02 Å². The monoisotopic (exact) mass is 332 g/mol. The van der Waals surface area contributed by atoms with E-state index >= 15 is 0 Å². The first-order chi connectivity index (χ1) is 10.9. The molecular formula is C17H21ClN4O. The lowest BCUT2D eigenvalue weighted by Gasteiger charge is -2.12. The highest BCUT2D eigenvalue weighted by Crippen LogP contribution is 2.29. The normalized spacial score (nSPS) is 10.7. The van der Waals surface area contributed by atoms with E-state index in [9.17, 15) is 4.79 Å². The maximum atomic E-state index is 11.9. The summed E-state index contributed by atoms with van der Waals surface area (Å²) in [6.45, 7) is 8.65. The van der Waals surface area contributed by atoms with Crippen LogP contribution < -0.4 is 10.6 Å². The van der Waals surface area contributed by atoms with Gasteiger partial charge in [-0.25, -0.2) is 0 Å². The molecule has 1 amide bonds. The van der Waals surface area contributed by atoms with E-state index in [1.54, 1.807) is 12.1 Å². The first-order valence-corrected chi connectivity index (χ1v) is 7.90. The zero-order chi connectivity index (χ0) is 17.0. The number of nitrogens with zero attached hydrogens (tertiary/aromatic N) is 2. The van der Waals surface area contributed by atoms with Crippen LogP contribution in [0.1, 0.15) is 35.5 Å². The van der Waals surface area contributed by atoms with Crippen molar-refractivity contribution < 1.29 is 4.79 Å². The molecule has 0 spiro atoms. The van der Waals surface area contributed by atoms with Crippen molar-refractivity contribution >= 4 is 29.0 Å². The number of hydrogen-bond acceptors (Lipinski definition) is 4. The molecule has 0 unspecified atom stereocenters. The second kappa shape index (κ2) is 7.42. The molecule has 1 aromatic carbocycles. The first-order valence-electron chi connectivity index (χ1n) is 7.52. The van der Waals surface area contributed by atoms with E-state index in [2.05, 4.69) is 20.8 Å². The second-order valence-electron chi connectivity index (χ2n) is 5.97. The lowest BCUT2D eigenvalue weighted by Crippen LogP contribution is -2.28. The van der Waals surface area contributed by atoms with Crippen LogP contribution in [0.3, 0.4) is 0 Å². The molecule has 23 heavy (non-hydrogen) atoms. The molecular weight excluding hydrogens is 312 g/mol. The minimum atomic E-state index is -0.220. The Kier molecular flexibility index (Phi) is 5.55. The summed E-state index contributed by atoms with van der Waals surface area (Å²) in [4.78, 5) is 11.9. The van der Waals surface area contributed by atoms with Gasteiger partial charge in [-0.2, -0.15) is 0 Å². The predicted octanol–water partition coefficient (Wildman–Crippen LogP) is 3.88. The van der Waals surface area contributed by atoms with E-state index in [1.165, 1.54) is 0 Å². The van der Waals surface area contributed by atoms with Crippen LogP contribution in [-0.4, -0.2) is 22.6 Å². The summed E-state index contributed by atoms with van der Waals surface area (Å²) in [5.41, 5.74) is 3.21. The van der Waals surface area contributed by atoms with Crippen LogP contribution in [0.25, 0.3) is 0 Å². The molecule has 0 atom stereocenters. The van der Waals surface area contributed by atoms with Crippen LogP contribution in [0.15, 0.2) is 24.3 Å². The number of amides is 1. The highest BCUT2D eigenvalue weighted by molar-refractivity contribution is 6.33. The lowest BCUT2D eigenvalue weighted by molar-refractivity contribution is 0.0943. The highest BCUT2D eigenvalue weighted by Gasteiger charge is 2.10. The van der Waals surface area contributed by atoms with E-state index in [0.717, 1.165) is 16.8 Å². The van der Waals surface area contributed by atoms with Gasteiger partial charge in [-0.1, -0.05) is 31.5 Å². The fourth-order valence-corrected chi connectivity index (χ4v) is 2.48. The van der Waals surface area contributed by atoms with Crippen LogP contribution in [0.4, 0.5) is 11.5 Å². The van der Waals surface area contributed by atoms with Crippen molar-refractivity contribution in [2.45, 2.75) is 27.7 Å². The van der Waals surface area contributed by atoms with Gasteiger partial charge in [0.15, 0.2) is 11.5 Å². The Morgan fingerprint density at radius 1 is 1.22 bits per heavy atom. The van der Waals surface area contributed by atoms with Gasteiger partial charge in [-0.05, 0) is 49.1 Å². The van der Waals surface area contributed by atoms with Crippen molar-refractivity contribution in [1.29, 1.82) is 0 Å². The number of hydrogen-bond donors (Lipinski definition) is 2. The van der Waals surface area contributed by atoms with Crippen molar-refractivity contribution in [1.82, 2.24) is 15.5 Å². The quantitative estimate of drug-likeness (QED) is 0.872. The Morgan fingerprint density at radius 2 is 1.96 bits per heavy atom. The first kappa shape index (κ1) is 17.2. The van der Waals surface area contributed by atoms with Crippen LogP contribution in [-0.2, 0) is 0 Å². The van der Waals surface area contributed by atoms with Crippen molar-refractivity contribution in [3.63, 3.8) is 0 Å². The summed E-state index contributed by atoms with van der Waals surface area (Å²) in [7, 11) is 0. The molecule has 5 nitrogen and oxygen atoms in total. The summed E-state index contributed by atoms with van der Waals surface area (Å²) in [6, 6.07) is 7.28. The van der Waals surface area contributed by atoms with E-state index < -0.39 is 0 Å². The molecule has 0 aliphatic heterocycles. The van der Waals surface area contributed by atoms with Crippen molar-refractivity contribution in [3.05, 3.63) is 46.1 Å². The number of benzene rings is 1. The molecule has 2 rings (SSSR count). The fourth-order valence-electron chi connectivity index (χ4n) is 2.11. The van der Waals surface area contributed by atoms with Gasteiger partial charge in [-0.15, -0.1) is 10.2 Å². The average Bonchev–Trinajstić information content (AvgIpc) is 2.49. The molecule has 0 saturated carbocycles. The molecule has 0 fully saturated rings. The van der Waals surface area contributed by atoms with Crippen molar-refractivity contribution in [2.24, 2.45) is 5.92 Å². The van der Waals surface area contributed by atoms with Gasteiger partial charge in [0, 0.05) is 6.54 Å². The Bertz CT molecular complexity index is 675. The number of aromatic nitrogens is 2. The minimum absolute atomic E-state index is 0.220. The largest absolute Gasteiger partial charge is 0.350 e. The zero-order valence-electron chi connectivity index (χ0n) is 13.8. The molecule has 6 heteroatoms. The number of aryl methyl sites for hydroxylation is 2. The average molecular weight is 333 g/mol. The molecule has 0 aliphatic rings. The number of carbonyl (C=O) groups is 1. The predicted molar refractivity (Wildman–Crippen MR) is 93.4 cm³/mol. The summed E-state index contributed by atoms with van der Waals surface area (Å²) in [6.07, 6.45) is 0. The smallest absolute Gasteiger partial charge is 0.271 e. The summed E-state index contributed by atoms with van der Waals surface area (Å²) in [5, 5.41) is 14.6. The van der Waals surface area contributed by atoms with E-state index in [1.807, 2.05) is 39.8 Å². The Balaban J connectivity index is 2.10. The second-order valence-corrected chi connectivity index (χ2v) is 6.38. The number of anilines is 2. The Hall–Kier alpha value is -2.14. The van der Waals surface area contributed by atoms with Crippen molar-refractivity contribution in [2.75, 3.05) is 11.9 Å². The molecule has 2 N–H and O–H groups in total. The zero-order valence-corrected chi connectivity index (χ0v) is 14.5. The van der Waals surface area contributed by atoms with Crippen LogP contribution in [0, 0.1) is 19.8 Å². The maximum absolute atomic E-state index is 11.9. The van der Waals surface area contributed by atoms with Gasteiger partial charge < -0.3 is 10.6 Å². The third-order valence-electron chi connectivity index (χ3n) is 3.25. The van der Waals surface area contributed by atoms with Crippen molar-refractivity contribution in [3.8, 4) is 0 Å². The molecule has 0 bridgehead atoms. The van der Waals surface area contributed by atoms with E-state index in [-0.39, 0.29) is 5.91 Å². The number of rotatable bonds is 5. The van der Waals surface area contributed by atoms with Gasteiger partial charge >= 0.3 is 0 Å². The van der Waals surface area contributed by atoms with Gasteiger partial charge in [-0.3, -0.25) is 4.79 Å². The van der Waals surface area contributed by atoms with Gasteiger partial charge in [0.25, 0.3) is 5.91 Å². The minimum Gasteiger partial charge on any atom is -0.350 e. The topological polar surface area (TPSA) is 66.9 Å². The standard InChI is InChI=1S/C17H21ClN4O/c1-10(2)9-19-17(23)14-5-6-15(22-21-14)20-16-12(4)7-11(3)8-13(16)18/h5-8,10H,9H2,1-4H3,(H,19,23)(H,20,22). The number of carbonyl (C=O) groups excluding carboxylic acids is 1. The molecule has 0 aliphatic carbocycles. The van der Waals surface area contributed by atoms with E-state index in [4.69, 9.17) is 11.6 Å².